The normalized spacial score (nSPS) is 21.3. The van der Waals surface area contributed by atoms with Crippen LogP contribution in [0.1, 0.15) is 38.2 Å². The molecule has 0 radical (unpaired) electrons. The van der Waals surface area contributed by atoms with Gasteiger partial charge in [-0.1, -0.05) is 0 Å². The maximum Gasteiger partial charge on any atom is 0.275 e. The van der Waals surface area contributed by atoms with Crippen molar-refractivity contribution in [3.8, 4) is 17.2 Å². The molecule has 0 saturated carbocycles. The Hall–Kier alpha value is -2.73. The van der Waals surface area contributed by atoms with Gasteiger partial charge in [-0.3, -0.25) is 4.58 Å². The highest BCUT2D eigenvalue weighted by Crippen LogP contribution is 2.43. The highest BCUT2D eigenvalue weighted by molar-refractivity contribution is 5.98. The molecule has 0 aromatic heterocycles. The molecule has 1 atom stereocenters. The number of methoxy groups -OCH3 is 2. The van der Waals surface area contributed by atoms with Gasteiger partial charge in [0.2, 0.25) is 0 Å². The quantitative estimate of drug-likeness (QED) is 0.734. The van der Waals surface area contributed by atoms with Crippen molar-refractivity contribution in [1.29, 1.82) is 0 Å². The van der Waals surface area contributed by atoms with Gasteiger partial charge < -0.3 is 19.3 Å². The van der Waals surface area contributed by atoms with Crippen LogP contribution in [0.3, 0.4) is 0 Å². The van der Waals surface area contributed by atoms with E-state index in [-0.39, 0.29) is 0 Å². The second-order valence-electron chi connectivity index (χ2n) is 7.80. The van der Waals surface area contributed by atoms with Crippen molar-refractivity contribution in [1.82, 2.24) is 0 Å². The minimum absolute atomic E-state index is 0.519. The Morgan fingerprint density at radius 1 is 1.00 bits per heavy atom. The minimum atomic E-state index is -1.20. The lowest BCUT2D eigenvalue weighted by Crippen LogP contribution is -2.47. The molecule has 0 saturated heterocycles. The van der Waals surface area contributed by atoms with Gasteiger partial charge in [-0.2, -0.15) is 4.90 Å². The third kappa shape index (κ3) is 3.60. The van der Waals surface area contributed by atoms with E-state index in [1.807, 2.05) is 49.4 Å². The van der Waals surface area contributed by atoms with Gasteiger partial charge >= 0.3 is 0 Å². The summed E-state index contributed by atoms with van der Waals surface area (Å²) in [5, 5.41) is 12.1. The molecule has 0 fully saturated rings. The molecule has 1 N–H and O–H groups in total. The van der Waals surface area contributed by atoms with Crippen LogP contribution in [0.5, 0.6) is 17.2 Å². The van der Waals surface area contributed by atoms with Gasteiger partial charge in [0.25, 0.3) is 11.6 Å². The summed E-state index contributed by atoms with van der Waals surface area (Å²) in [5.74, 6) is 3.35. The van der Waals surface area contributed by atoms with Crippen LogP contribution in [-0.2, 0) is 5.72 Å². The second-order valence-corrected chi connectivity index (χ2v) is 7.80. The fourth-order valence-electron chi connectivity index (χ4n) is 4.54. The van der Waals surface area contributed by atoms with E-state index in [0.29, 0.717) is 18.9 Å². The number of rotatable bonds is 6. The van der Waals surface area contributed by atoms with Crippen LogP contribution in [0.4, 0.5) is 5.69 Å². The van der Waals surface area contributed by atoms with Gasteiger partial charge in [-0.15, -0.1) is 0 Å². The summed E-state index contributed by atoms with van der Waals surface area (Å²) in [6.07, 6.45) is 4.38. The number of anilines is 1. The predicted octanol–water partition coefficient (Wildman–Crippen LogP) is 3.75. The summed E-state index contributed by atoms with van der Waals surface area (Å²) >= 11 is 0. The van der Waals surface area contributed by atoms with Crippen LogP contribution in [0, 0.1) is 0 Å². The average molecular weight is 412 g/mol. The Morgan fingerprint density at radius 2 is 1.77 bits per heavy atom. The maximum absolute atomic E-state index is 12.1. The van der Waals surface area contributed by atoms with Crippen LogP contribution in [0.2, 0.25) is 0 Å². The molecule has 6 nitrogen and oxygen atoms in total. The van der Waals surface area contributed by atoms with Crippen LogP contribution >= 0.6 is 0 Å². The largest absolute Gasteiger partial charge is 0.497 e. The molecular weight excluding hydrogens is 380 g/mol. The van der Waals surface area contributed by atoms with Crippen molar-refractivity contribution >= 4 is 11.5 Å². The number of ether oxygens (including phenoxy) is 3. The molecule has 2 aliphatic heterocycles. The first-order valence-corrected chi connectivity index (χ1v) is 10.7. The lowest BCUT2D eigenvalue weighted by atomic mass is 9.99. The average Bonchev–Trinajstić information content (AvgIpc) is 2.89. The summed E-state index contributed by atoms with van der Waals surface area (Å²) in [6, 6.07) is 13.5. The van der Waals surface area contributed by atoms with Gasteiger partial charge in [0, 0.05) is 18.1 Å². The van der Waals surface area contributed by atoms with E-state index in [9.17, 15) is 5.11 Å². The Labute approximate surface area is 178 Å². The molecule has 0 amide bonds. The van der Waals surface area contributed by atoms with Crippen molar-refractivity contribution in [2.75, 3.05) is 38.8 Å². The van der Waals surface area contributed by atoms with Crippen LogP contribution in [0.15, 0.2) is 42.5 Å². The van der Waals surface area contributed by atoms with Crippen molar-refractivity contribution < 1.29 is 23.9 Å². The third-order valence-electron chi connectivity index (χ3n) is 5.99. The number of benzene rings is 2. The number of nitrogens with zero attached hydrogens (tertiary/aromatic N) is 2. The van der Waals surface area contributed by atoms with Gasteiger partial charge in [0.05, 0.1) is 27.4 Å². The Bertz CT molecular complexity index is 925. The first kappa shape index (κ1) is 20.5. The number of amidine groups is 1. The molecule has 160 valence electrons. The molecule has 1 unspecified atom stereocenters. The first-order valence-electron chi connectivity index (χ1n) is 10.7. The molecule has 0 bridgehead atoms. The summed E-state index contributed by atoms with van der Waals surface area (Å²) in [5.41, 5.74) is 0.484. The van der Waals surface area contributed by atoms with Crippen LogP contribution in [0.25, 0.3) is 0 Å². The van der Waals surface area contributed by atoms with Crippen molar-refractivity contribution in [3.05, 3.63) is 48.0 Å². The van der Waals surface area contributed by atoms with E-state index >= 15 is 0 Å². The molecular formula is C24H31N2O4+. The molecule has 2 heterocycles. The summed E-state index contributed by atoms with van der Waals surface area (Å²) < 4.78 is 19.0. The Morgan fingerprint density at radius 3 is 2.47 bits per heavy atom. The predicted molar refractivity (Wildman–Crippen MR) is 117 cm³/mol. The van der Waals surface area contributed by atoms with Crippen molar-refractivity contribution in [2.45, 2.75) is 38.3 Å². The number of aliphatic hydroxyl groups is 1. The highest BCUT2D eigenvalue weighted by atomic mass is 16.5. The van der Waals surface area contributed by atoms with Gasteiger partial charge in [-0.25, -0.2) is 0 Å². The van der Waals surface area contributed by atoms with E-state index in [4.69, 9.17) is 14.2 Å². The SMILES string of the molecule is CCOc1ccc(C2(O)C[N+]3=C(CCCCC3)N2c2ccc(OC)cc2OC)cc1. The van der Waals surface area contributed by atoms with Crippen LogP contribution in [-0.4, -0.2) is 49.4 Å². The molecule has 4 rings (SSSR count). The highest BCUT2D eigenvalue weighted by Gasteiger charge is 2.54. The summed E-state index contributed by atoms with van der Waals surface area (Å²) in [6.45, 7) is 4.05. The van der Waals surface area contributed by atoms with Crippen molar-refractivity contribution in [2.24, 2.45) is 0 Å². The number of hydrogen-bond donors (Lipinski definition) is 1. The zero-order chi connectivity index (χ0) is 21.1. The van der Waals surface area contributed by atoms with E-state index in [1.165, 1.54) is 6.42 Å². The van der Waals surface area contributed by atoms with Gasteiger partial charge in [-0.05, 0) is 62.6 Å². The lowest BCUT2D eigenvalue weighted by Gasteiger charge is -2.30. The smallest absolute Gasteiger partial charge is 0.275 e. The number of hydrogen-bond acceptors (Lipinski definition) is 5. The lowest BCUT2D eigenvalue weighted by molar-refractivity contribution is -0.534. The summed E-state index contributed by atoms with van der Waals surface area (Å²) in [4.78, 5) is 2.06. The molecule has 2 aromatic carbocycles. The molecule has 6 heteroatoms. The fourth-order valence-corrected chi connectivity index (χ4v) is 4.54. The van der Waals surface area contributed by atoms with Gasteiger partial charge in [0.1, 0.15) is 11.5 Å². The molecule has 2 aliphatic rings. The first-order chi connectivity index (χ1) is 14.6. The van der Waals surface area contributed by atoms with E-state index in [2.05, 4.69) is 9.48 Å². The van der Waals surface area contributed by atoms with E-state index in [1.54, 1.807) is 14.2 Å². The van der Waals surface area contributed by atoms with E-state index in [0.717, 1.165) is 54.4 Å². The summed E-state index contributed by atoms with van der Waals surface area (Å²) in [7, 11) is 3.29. The Kier molecular flexibility index (Phi) is 5.86. The molecule has 0 aliphatic carbocycles. The second kappa shape index (κ2) is 8.56. The maximum atomic E-state index is 12.1. The van der Waals surface area contributed by atoms with E-state index < -0.39 is 5.72 Å². The monoisotopic (exact) mass is 411 g/mol. The molecule has 0 spiro atoms. The van der Waals surface area contributed by atoms with Crippen LogP contribution < -0.4 is 19.1 Å². The third-order valence-corrected chi connectivity index (χ3v) is 5.99. The standard InChI is InChI=1S/C24H31N2O4/c1-4-30-19-11-9-18(10-12-19)24(27)17-25-15-7-5-6-8-23(25)26(24)21-14-13-20(28-2)16-22(21)29-3/h9-14,16,27H,4-8,15,17H2,1-3H3/q+1. The van der Waals surface area contributed by atoms with Gasteiger partial charge in [0.15, 0.2) is 18.0 Å². The zero-order valence-corrected chi connectivity index (χ0v) is 18.1. The minimum Gasteiger partial charge on any atom is -0.497 e. The topological polar surface area (TPSA) is 54.2 Å². The molecule has 2 aromatic rings. The fraction of sp³-hybridized carbons (Fsp3) is 0.458. The van der Waals surface area contributed by atoms with Crippen molar-refractivity contribution in [3.63, 3.8) is 0 Å². The molecule has 30 heavy (non-hydrogen) atoms. The zero-order valence-electron chi connectivity index (χ0n) is 18.1. The Balaban J connectivity index is 1.82.